The first kappa shape index (κ1) is 16.4. The van der Waals surface area contributed by atoms with Gasteiger partial charge in [-0.25, -0.2) is 0 Å². The van der Waals surface area contributed by atoms with Gasteiger partial charge in [0.05, 0.1) is 19.8 Å². The Bertz CT molecular complexity index is 332. The fourth-order valence-corrected chi connectivity index (χ4v) is 2.42. The molecule has 0 spiro atoms. The number of ether oxygens (including phenoxy) is 2. The molecule has 0 aliphatic heterocycles. The van der Waals surface area contributed by atoms with Crippen LogP contribution in [-0.2, 0) is 16.1 Å². The third kappa shape index (κ3) is 8.97. The van der Waals surface area contributed by atoms with Crippen LogP contribution in [0.1, 0.15) is 12.5 Å². The first-order chi connectivity index (χ1) is 8.97. The van der Waals surface area contributed by atoms with Crippen LogP contribution in [-0.4, -0.2) is 27.9 Å². The Kier molecular flexibility index (Phi) is 7.35. The first-order valence-electron chi connectivity index (χ1n) is 7.17. The molecule has 0 unspecified atom stereocenters. The highest BCUT2D eigenvalue weighted by molar-refractivity contribution is 6.76. The zero-order chi connectivity index (χ0) is 14.1. The summed E-state index contributed by atoms with van der Waals surface area (Å²) in [5, 5.41) is 0. The third-order valence-electron chi connectivity index (χ3n) is 2.91. The molecule has 1 aromatic carbocycles. The van der Waals surface area contributed by atoms with Crippen molar-refractivity contribution in [2.24, 2.45) is 5.92 Å². The highest BCUT2D eigenvalue weighted by atomic mass is 28.3. The largest absolute Gasteiger partial charge is 0.381 e. The monoisotopic (exact) mass is 280 g/mol. The molecular weight excluding hydrogens is 252 g/mol. The van der Waals surface area contributed by atoms with Crippen molar-refractivity contribution in [3.05, 3.63) is 35.9 Å². The second kappa shape index (κ2) is 8.51. The van der Waals surface area contributed by atoms with Crippen molar-refractivity contribution in [1.82, 2.24) is 0 Å². The maximum atomic E-state index is 5.73. The Morgan fingerprint density at radius 1 is 1.00 bits per heavy atom. The predicted molar refractivity (Wildman–Crippen MR) is 84.2 cm³/mol. The normalized spacial score (nSPS) is 13.5. The van der Waals surface area contributed by atoms with Crippen molar-refractivity contribution in [3.63, 3.8) is 0 Å². The highest BCUT2D eigenvalue weighted by Crippen LogP contribution is 2.09. The zero-order valence-corrected chi connectivity index (χ0v) is 13.8. The van der Waals surface area contributed by atoms with E-state index in [0.29, 0.717) is 12.5 Å². The van der Waals surface area contributed by atoms with Crippen molar-refractivity contribution in [3.8, 4) is 0 Å². The molecule has 1 aromatic rings. The van der Waals surface area contributed by atoms with E-state index in [4.69, 9.17) is 9.47 Å². The average Bonchev–Trinajstić information content (AvgIpc) is 2.35. The van der Waals surface area contributed by atoms with E-state index < -0.39 is 8.07 Å². The number of benzene rings is 1. The lowest BCUT2D eigenvalue weighted by Crippen LogP contribution is -2.23. The van der Waals surface area contributed by atoms with E-state index in [2.05, 4.69) is 38.7 Å². The molecule has 0 aliphatic rings. The van der Waals surface area contributed by atoms with Gasteiger partial charge in [-0.2, -0.15) is 0 Å². The lowest BCUT2D eigenvalue weighted by Gasteiger charge is -2.17. The lowest BCUT2D eigenvalue weighted by atomic mass is 10.2. The summed E-state index contributed by atoms with van der Waals surface area (Å²) in [7, 11) is -0.955. The van der Waals surface area contributed by atoms with Gasteiger partial charge < -0.3 is 9.47 Å². The van der Waals surface area contributed by atoms with Crippen LogP contribution in [0.3, 0.4) is 0 Å². The Morgan fingerprint density at radius 3 is 2.26 bits per heavy atom. The van der Waals surface area contributed by atoms with Gasteiger partial charge >= 0.3 is 0 Å². The maximum Gasteiger partial charge on any atom is 0.0717 e. The molecule has 0 amide bonds. The fourth-order valence-electron chi connectivity index (χ4n) is 1.66. The smallest absolute Gasteiger partial charge is 0.0717 e. The van der Waals surface area contributed by atoms with E-state index in [0.717, 1.165) is 19.8 Å². The van der Waals surface area contributed by atoms with Crippen LogP contribution in [0.15, 0.2) is 30.3 Å². The molecule has 2 nitrogen and oxygen atoms in total. The standard InChI is InChI=1S/C16H28O2Si/c1-15(12-17-10-11-19(2,3)4)13-18-14-16-8-6-5-7-9-16/h5-9,15H,10-14H2,1-4H3/t15-/m0/s1. The molecule has 19 heavy (non-hydrogen) atoms. The van der Waals surface area contributed by atoms with Crippen LogP contribution in [0.5, 0.6) is 0 Å². The molecule has 0 aromatic heterocycles. The minimum atomic E-state index is -0.955. The molecule has 108 valence electrons. The molecule has 1 rings (SSSR count). The van der Waals surface area contributed by atoms with Gasteiger partial charge in [-0.05, 0) is 11.6 Å². The summed E-state index contributed by atoms with van der Waals surface area (Å²) >= 11 is 0. The van der Waals surface area contributed by atoms with Crippen molar-refractivity contribution >= 4 is 8.07 Å². The molecule has 0 fully saturated rings. The van der Waals surface area contributed by atoms with E-state index in [-0.39, 0.29) is 0 Å². The molecule has 0 heterocycles. The number of rotatable bonds is 9. The molecule has 0 saturated carbocycles. The van der Waals surface area contributed by atoms with Gasteiger partial charge in [0.1, 0.15) is 0 Å². The molecule has 3 heteroatoms. The summed E-state index contributed by atoms with van der Waals surface area (Å²) in [4.78, 5) is 0. The SMILES string of the molecule is C[C@@H](COCC[Si](C)(C)C)COCc1ccccc1. The molecule has 0 bridgehead atoms. The Balaban J connectivity index is 2.04. The topological polar surface area (TPSA) is 18.5 Å². The van der Waals surface area contributed by atoms with Crippen LogP contribution < -0.4 is 0 Å². The van der Waals surface area contributed by atoms with Crippen molar-refractivity contribution in [1.29, 1.82) is 0 Å². The van der Waals surface area contributed by atoms with E-state index in [1.165, 1.54) is 11.6 Å². The fraction of sp³-hybridized carbons (Fsp3) is 0.625. The van der Waals surface area contributed by atoms with Gasteiger partial charge in [0.2, 0.25) is 0 Å². The van der Waals surface area contributed by atoms with Gasteiger partial charge in [0.15, 0.2) is 0 Å². The van der Waals surface area contributed by atoms with Crippen LogP contribution >= 0.6 is 0 Å². The summed E-state index contributed by atoms with van der Waals surface area (Å²) in [6.07, 6.45) is 0. The van der Waals surface area contributed by atoms with E-state index >= 15 is 0 Å². The highest BCUT2D eigenvalue weighted by Gasteiger charge is 2.12. The number of hydrogen-bond donors (Lipinski definition) is 0. The lowest BCUT2D eigenvalue weighted by molar-refractivity contribution is 0.0432. The maximum absolute atomic E-state index is 5.73. The molecule has 1 atom stereocenters. The average molecular weight is 280 g/mol. The van der Waals surface area contributed by atoms with Crippen molar-refractivity contribution in [2.75, 3.05) is 19.8 Å². The minimum Gasteiger partial charge on any atom is -0.381 e. The molecule has 0 aliphatic carbocycles. The second-order valence-electron chi connectivity index (χ2n) is 6.49. The van der Waals surface area contributed by atoms with Gasteiger partial charge in [0, 0.05) is 20.6 Å². The molecule has 0 saturated heterocycles. The summed E-state index contributed by atoms with van der Waals surface area (Å²) in [5.41, 5.74) is 1.23. The van der Waals surface area contributed by atoms with Crippen molar-refractivity contribution in [2.45, 2.75) is 39.2 Å². The Labute approximate surface area is 119 Å². The first-order valence-corrected chi connectivity index (χ1v) is 10.9. The van der Waals surface area contributed by atoms with Crippen LogP contribution in [0.25, 0.3) is 0 Å². The Morgan fingerprint density at radius 2 is 1.63 bits per heavy atom. The van der Waals surface area contributed by atoms with Crippen LogP contribution in [0, 0.1) is 5.92 Å². The van der Waals surface area contributed by atoms with Gasteiger partial charge in [-0.3, -0.25) is 0 Å². The van der Waals surface area contributed by atoms with E-state index in [1.54, 1.807) is 0 Å². The zero-order valence-electron chi connectivity index (χ0n) is 12.8. The summed E-state index contributed by atoms with van der Waals surface area (Å²) < 4.78 is 11.4. The summed E-state index contributed by atoms with van der Waals surface area (Å²) in [5.74, 6) is 0.463. The van der Waals surface area contributed by atoms with Crippen LogP contribution in [0.4, 0.5) is 0 Å². The third-order valence-corrected chi connectivity index (χ3v) is 4.62. The molecule has 0 N–H and O–H groups in total. The van der Waals surface area contributed by atoms with Gasteiger partial charge in [-0.1, -0.05) is 56.9 Å². The van der Waals surface area contributed by atoms with Crippen LogP contribution in [0.2, 0.25) is 25.7 Å². The second-order valence-corrected chi connectivity index (χ2v) is 12.1. The van der Waals surface area contributed by atoms with Gasteiger partial charge in [-0.15, -0.1) is 0 Å². The Hall–Kier alpha value is -0.643. The van der Waals surface area contributed by atoms with E-state index in [1.807, 2.05) is 18.2 Å². The minimum absolute atomic E-state index is 0.463. The number of hydrogen-bond acceptors (Lipinski definition) is 2. The van der Waals surface area contributed by atoms with E-state index in [9.17, 15) is 0 Å². The molecule has 0 radical (unpaired) electrons. The quantitative estimate of drug-likeness (QED) is 0.499. The van der Waals surface area contributed by atoms with Gasteiger partial charge in [0.25, 0.3) is 0 Å². The van der Waals surface area contributed by atoms with Crippen molar-refractivity contribution < 1.29 is 9.47 Å². The summed E-state index contributed by atoms with van der Waals surface area (Å²) in [6, 6.07) is 11.5. The molecular formula is C16H28O2Si. The summed E-state index contributed by atoms with van der Waals surface area (Å²) in [6.45, 7) is 12.5. The predicted octanol–water partition coefficient (Wildman–Crippen LogP) is 4.19.